The molecule has 0 aliphatic heterocycles. The summed E-state index contributed by atoms with van der Waals surface area (Å²) in [5, 5.41) is 2.97. The molecule has 0 spiro atoms. The Balaban J connectivity index is 1.70. The van der Waals surface area contributed by atoms with E-state index in [0.29, 0.717) is 26.9 Å². The summed E-state index contributed by atoms with van der Waals surface area (Å²) in [4.78, 5) is 36.1. The number of thiophene rings is 1. The van der Waals surface area contributed by atoms with E-state index in [1.165, 1.54) is 37.3 Å². The summed E-state index contributed by atoms with van der Waals surface area (Å²) in [6.07, 6.45) is -1.07. The van der Waals surface area contributed by atoms with E-state index in [9.17, 15) is 18.8 Å². The second kappa shape index (κ2) is 7.77. The second-order valence-electron chi connectivity index (χ2n) is 6.15. The van der Waals surface area contributed by atoms with Gasteiger partial charge in [0.1, 0.15) is 10.7 Å². The highest BCUT2D eigenvalue weighted by Crippen LogP contribution is 2.33. The van der Waals surface area contributed by atoms with Gasteiger partial charge in [-0.3, -0.25) is 9.59 Å². The number of nitrogens with one attached hydrogen (secondary N) is 1. The molecule has 3 N–H and O–H groups in total. The molecule has 6 nitrogen and oxygen atoms in total. The molecule has 3 rings (SSSR count). The van der Waals surface area contributed by atoms with Gasteiger partial charge in [0.05, 0.1) is 0 Å². The summed E-state index contributed by atoms with van der Waals surface area (Å²) in [7, 11) is 0. The van der Waals surface area contributed by atoms with Crippen LogP contribution < -0.4 is 11.1 Å². The van der Waals surface area contributed by atoms with Crippen molar-refractivity contribution in [1.29, 1.82) is 0 Å². The lowest BCUT2D eigenvalue weighted by Gasteiger charge is -2.13. The number of benzene rings is 2. The standard InChI is InChI=1S/C20H17FN2O4S/c1-10-16-14(21)4-3-5-15(16)28-17(10)20(26)27-11(2)19(25)23-13-8-6-12(7-9-13)18(22)24/h3-9,11H,1-2H3,(H2,22,24)(H,23,25)/t11-/m0/s1. The topological polar surface area (TPSA) is 98.5 Å². The number of rotatable bonds is 5. The van der Waals surface area contributed by atoms with E-state index in [-0.39, 0.29) is 4.88 Å². The van der Waals surface area contributed by atoms with Crippen LogP contribution in [0.2, 0.25) is 0 Å². The Morgan fingerprint density at radius 3 is 2.43 bits per heavy atom. The first-order valence-corrected chi connectivity index (χ1v) is 9.19. The molecule has 1 heterocycles. The first-order valence-electron chi connectivity index (χ1n) is 8.37. The Hall–Kier alpha value is -3.26. The lowest BCUT2D eigenvalue weighted by Crippen LogP contribution is -2.30. The summed E-state index contributed by atoms with van der Waals surface area (Å²) in [6, 6.07) is 10.6. The lowest BCUT2D eigenvalue weighted by molar-refractivity contribution is -0.123. The summed E-state index contributed by atoms with van der Waals surface area (Å²) in [5.74, 6) is -2.21. The average Bonchev–Trinajstić information content (AvgIpc) is 3.00. The second-order valence-corrected chi connectivity index (χ2v) is 7.20. The number of aryl methyl sites for hydroxylation is 1. The van der Waals surface area contributed by atoms with Crippen molar-refractivity contribution < 1.29 is 23.5 Å². The van der Waals surface area contributed by atoms with Crippen LogP contribution in [0.5, 0.6) is 0 Å². The minimum atomic E-state index is -1.07. The smallest absolute Gasteiger partial charge is 0.349 e. The Morgan fingerprint density at radius 1 is 1.14 bits per heavy atom. The number of carbonyl (C=O) groups excluding carboxylic acids is 3. The van der Waals surface area contributed by atoms with Crippen molar-refractivity contribution in [2.45, 2.75) is 20.0 Å². The van der Waals surface area contributed by atoms with Gasteiger partial charge in [0, 0.05) is 21.3 Å². The zero-order valence-corrected chi connectivity index (χ0v) is 15.9. The molecule has 0 bridgehead atoms. The molecular formula is C20H17FN2O4S. The van der Waals surface area contributed by atoms with Crippen LogP contribution in [-0.2, 0) is 9.53 Å². The molecule has 1 atom stereocenters. The molecule has 0 saturated carbocycles. The van der Waals surface area contributed by atoms with E-state index in [1.54, 1.807) is 19.1 Å². The number of ether oxygens (including phenoxy) is 1. The largest absolute Gasteiger partial charge is 0.448 e. The van der Waals surface area contributed by atoms with Gasteiger partial charge in [-0.25, -0.2) is 9.18 Å². The maximum absolute atomic E-state index is 14.0. The maximum Gasteiger partial charge on any atom is 0.349 e. The SMILES string of the molecule is Cc1c(C(=O)O[C@@H](C)C(=O)Nc2ccc(C(N)=O)cc2)sc2cccc(F)c12. The maximum atomic E-state index is 14.0. The number of primary amides is 1. The highest BCUT2D eigenvalue weighted by atomic mass is 32.1. The van der Waals surface area contributed by atoms with Crippen LogP contribution in [0.15, 0.2) is 42.5 Å². The van der Waals surface area contributed by atoms with Crippen molar-refractivity contribution in [3.8, 4) is 0 Å². The fraction of sp³-hybridized carbons (Fsp3) is 0.150. The fourth-order valence-corrected chi connectivity index (χ4v) is 3.78. The van der Waals surface area contributed by atoms with Crippen LogP contribution in [0.1, 0.15) is 32.5 Å². The summed E-state index contributed by atoms with van der Waals surface area (Å²) in [6.45, 7) is 3.08. The van der Waals surface area contributed by atoms with Crippen molar-refractivity contribution in [1.82, 2.24) is 0 Å². The van der Waals surface area contributed by atoms with Crippen molar-refractivity contribution >= 4 is 44.9 Å². The molecule has 0 aliphatic carbocycles. The Bertz CT molecular complexity index is 1080. The van der Waals surface area contributed by atoms with E-state index in [4.69, 9.17) is 10.5 Å². The normalized spacial score (nSPS) is 11.8. The molecule has 0 aliphatic rings. The molecule has 28 heavy (non-hydrogen) atoms. The number of fused-ring (bicyclic) bond motifs is 1. The predicted molar refractivity (Wildman–Crippen MR) is 105 cm³/mol. The molecule has 2 aromatic carbocycles. The van der Waals surface area contributed by atoms with Crippen LogP contribution in [0.4, 0.5) is 10.1 Å². The first-order chi connectivity index (χ1) is 13.3. The average molecular weight is 400 g/mol. The molecule has 1 aromatic heterocycles. The van der Waals surface area contributed by atoms with E-state index in [0.717, 1.165) is 11.3 Å². The number of nitrogens with two attached hydrogens (primary N) is 1. The Morgan fingerprint density at radius 2 is 1.82 bits per heavy atom. The number of amides is 2. The summed E-state index contributed by atoms with van der Waals surface area (Å²) >= 11 is 1.12. The number of halogens is 1. The monoisotopic (exact) mass is 400 g/mol. The first kappa shape index (κ1) is 19.5. The number of carbonyl (C=O) groups is 3. The molecule has 0 saturated heterocycles. The quantitative estimate of drug-likeness (QED) is 0.639. The third-order valence-electron chi connectivity index (χ3n) is 4.18. The van der Waals surface area contributed by atoms with Gasteiger partial charge < -0.3 is 15.8 Å². The Kier molecular flexibility index (Phi) is 5.41. The van der Waals surface area contributed by atoms with Crippen molar-refractivity contribution in [2.75, 3.05) is 5.32 Å². The summed E-state index contributed by atoms with van der Waals surface area (Å²) < 4.78 is 19.9. The van der Waals surface area contributed by atoms with Gasteiger partial charge in [-0.2, -0.15) is 0 Å². The van der Waals surface area contributed by atoms with Gasteiger partial charge in [-0.15, -0.1) is 11.3 Å². The molecule has 0 fully saturated rings. The molecule has 3 aromatic rings. The van der Waals surface area contributed by atoms with E-state index < -0.39 is 29.7 Å². The minimum Gasteiger partial charge on any atom is -0.448 e. The van der Waals surface area contributed by atoms with Crippen molar-refractivity contribution in [3.05, 3.63) is 64.3 Å². The van der Waals surface area contributed by atoms with Crippen LogP contribution in [0.25, 0.3) is 10.1 Å². The van der Waals surface area contributed by atoms with Gasteiger partial charge in [0.15, 0.2) is 6.10 Å². The van der Waals surface area contributed by atoms with Crippen LogP contribution >= 0.6 is 11.3 Å². The van der Waals surface area contributed by atoms with E-state index in [1.807, 2.05) is 0 Å². The molecule has 2 amide bonds. The third-order valence-corrected chi connectivity index (χ3v) is 5.42. The van der Waals surface area contributed by atoms with Gasteiger partial charge in [0.25, 0.3) is 5.91 Å². The highest BCUT2D eigenvalue weighted by molar-refractivity contribution is 7.21. The van der Waals surface area contributed by atoms with Gasteiger partial charge in [-0.1, -0.05) is 6.07 Å². The van der Waals surface area contributed by atoms with Crippen molar-refractivity contribution in [3.63, 3.8) is 0 Å². The molecule has 8 heteroatoms. The zero-order valence-electron chi connectivity index (χ0n) is 15.1. The van der Waals surface area contributed by atoms with Crippen molar-refractivity contribution in [2.24, 2.45) is 5.73 Å². The van der Waals surface area contributed by atoms with Gasteiger partial charge >= 0.3 is 5.97 Å². The van der Waals surface area contributed by atoms with Crippen LogP contribution in [-0.4, -0.2) is 23.9 Å². The van der Waals surface area contributed by atoms with E-state index in [2.05, 4.69) is 5.32 Å². The number of hydrogen-bond donors (Lipinski definition) is 2. The van der Waals surface area contributed by atoms with Gasteiger partial charge in [-0.05, 0) is 55.8 Å². The van der Waals surface area contributed by atoms with Gasteiger partial charge in [0.2, 0.25) is 5.91 Å². The zero-order chi connectivity index (χ0) is 20.4. The van der Waals surface area contributed by atoms with E-state index >= 15 is 0 Å². The van der Waals surface area contributed by atoms with Crippen LogP contribution in [0, 0.1) is 12.7 Å². The number of esters is 1. The fourth-order valence-electron chi connectivity index (χ4n) is 2.68. The van der Waals surface area contributed by atoms with Crippen LogP contribution in [0.3, 0.4) is 0 Å². The predicted octanol–water partition coefficient (Wildman–Crippen LogP) is 3.63. The summed E-state index contributed by atoms with van der Waals surface area (Å²) in [5.41, 5.74) is 6.39. The minimum absolute atomic E-state index is 0.255. The molecular weight excluding hydrogens is 383 g/mol. The molecule has 0 radical (unpaired) electrons. The molecule has 0 unspecified atom stereocenters. The number of hydrogen-bond acceptors (Lipinski definition) is 5. The molecule has 144 valence electrons. The number of anilines is 1. The third kappa shape index (κ3) is 3.86. The lowest BCUT2D eigenvalue weighted by atomic mass is 10.1. The Labute approximate surface area is 164 Å². The highest BCUT2D eigenvalue weighted by Gasteiger charge is 2.23.